The first kappa shape index (κ1) is 10.6. The van der Waals surface area contributed by atoms with Crippen molar-refractivity contribution >= 4 is 23.2 Å². The molecule has 0 N–H and O–H groups in total. The molecular weight excluding hydrogens is 209 g/mol. The van der Waals surface area contributed by atoms with Crippen molar-refractivity contribution < 1.29 is 4.74 Å². The van der Waals surface area contributed by atoms with Crippen LogP contribution >= 0.6 is 23.2 Å². The molecule has 0 aromatic heterocycles. The number of halogens is 2. The molecule has 0 heterocycles. The standard InChI is InChI=1S/C9H9Cl2NO/c1-13-9(11)5-2-3-8(10)7(9)4-6-12/h2-3,5,7H,4H2,1H3. The third-order valence-electron chi connectivity index (χ3n) is 2.00. The maximum atomic E-state index is 8.59. The van der Waals surface area contributed by atoms with Crippen LogP contribution in [-0.2, 0) is 4.74 Å². The van der Waals surface area contributed by atoms with Crippen molar-refractivity contribution in [3.05, 3.63) is 23.3 Å². The zero-order chi connectivity index (χ0) is 9.90. The Hall–Kier alpha value is -0.490. The molecule has 1 aliphatic rings. The van der Waals surface area contributed by atoms with E-state index in [0.717, 1.165) is 0 Å². The quantitative estimate of drug-likeness (QED) is 0.667. The van der Waals surface area contributed by atoms with Gasteiger partial charge in [0.1, 0.15) is 0 Å². The summed E-state index contributed by atoms with van der Waals surface area (Å²) in [5, 5.41) is 8.18. The number of nitriles is 1. The molecule has 2 unspecified atom stereocenters. The maximum absolute atomic E-state index is 8.59. The van der Waals surface area contributed by atoms with Gasteiger partial charge in [-0.25, -0.2) is 0 Å². The number of nitrogens with zero attached hydrogens (tertiary/aromatic N) is 1. The number of rotatable bonds is 2. The van der Waals surface area contributed by atoms with Crippen molar-refractivity contribution in [3.8, 4) is 6.07 Å². The van der Waals surface area contributed by atoms with Crippen LogP contribution in [-0.4, -0.2) is 12.2 Å². The number of hydrogen-bond acceptors (Lipinski definition) is 2. The predicted octanol–water partition coefficient (Wildman–Crippen LogP) is 2.79. The maximum Gasteiger partial charge on any atom is 0.169 e. The van der Waals surface area contributed by atoms with Crippen LogP contribution in [0.4, 0.5) is 0 Å². The molecule has 4 heteroatoms. The number of hydrogen-bond donors (Lipinski definition) is 0. The first-order chi connectivity index (χ1) is 6.14. The van der Waals surface area contributed by atoms with Crippen molar-refractivity contribution in [2.75, 3.05) is 7.11 Å². The van der Waals surface area contributed by atoms with Gasteiger partial charge in [-0.15, -0.1) is 0 Å². The Kier molecular flexibility index (Phi) is 3.38. The topological polar surface area (TPSA) is 33.0 Å². The summed E-state index contributed by atoms with van der Waals surface area (Å²) in [5.74, 6) is -0.282. The zero-order valence-electron chi connectivity index (χ0n) is 7.13. The average molecular weight is 218 g/mol. The number of alkyl halides is 1. The Morgan fingerprint density at radius 2 is 2.46 bits per heavy atom. The van der Waals surface area contributed by atoms with Crippen LogP contribution < -0.4 is 0 Å². The third-order valence-corrected chi connectivity index (χ3v) is 2.93. The van der Waals surface area contributed by atoms with Gasteiger partial charge in [-0.05, 0) is 12.2 Å². The fraction of sp³-hybridized carbons (Fsp3) is 0.444. The minimum Gasteiger partial charge on any atom is -0.359 e. The predicted molar refractivity (Wildman–Crippen MR) is 52.4 cm³/mol. The van der Waals surface area contributed by atoms with Crippen LogP contribution in [0.1, 0.15) is 6.42 Å². The van der Waals surface area contributed by atoms with Crippen LogP contribution in [0.25, 0.3) is 0 Å². The Bertz CT molecular complexity index is 292. The lowest BCUT2D eigenvalue weighted by atomic mass is 9.94. The molecule has 0 saturated carbocycles. The Morgan fingerprint density at radius 1 is 1.77 bits per heavy atom. The van der Waals surface area contributed by atoms with E-state index >= 15 is 0 Å². The van der Waals surface area contributed by atoms with E-state index in [2.05, 4.69) is 0 Å². The molecule has 70 valence electrons. The fourth-order valence-corrected chi connectivity index (χ4v) is 1.87. The molecule has 0 aromatic rings. The molecule has 0 saturated heterocycles. The lowest BCUT2D eigenvalue weighted by molar-refractivity contribution is 0.0680. The van der Waals surface area contributed by atoms with E-state index < -0.39 is 5.06 Å². The normalized spacial score (nSPS) is 32.5. The molecule has 2 atom stereocenters. The average Bonchev–Trinajstić information content (AvgIpc) is 2.12. The second kappa shape index (κ2) is 4.15. The number of ether oxygens (including phenoxy) is 1. The van der Waals surface area contributed by atoms with E-state index in [4.69, 9.17) is 33.2 Å². The highest BCUT2D eigenvalue weighted by atomic mass is 35.5. The summed E-state index contributed by atoms with van der Waals surface area (Å²) in [7, 11) is 1.50. The second-order valence-electron chi connectivity index (χ2n) is 2.73. The van der Waals surface area contributed by atoms with Gasteiger partial charge in [0, 0.05) is 18.6 Å². The van der Waals surface area contributed by atoms with Crippen molar-refractivity contribution in [1.82, 2.24) is 0 Å². The molecular formula is C9H9Cl2NO. The summed E-state index contributed by atoms with van der Waals surface area (Å²) in [6.45, 7) is 0. The van der Waals surface area contributed by atoms with Crippen molar-refractivity contribution in [2.45, 2.75) is 11.5 Å². The Morgan fingerprint density at radius 3 is 3.00 bits per heavy atom. The summed E-state index contributed by atoms with van der Waals surface area (Å²) in [6, 6.07) is 2.03. The monoisotopic (exact) mass is 217 g/mol. The molecule has 0 aliphatic heterocycles. The van der Waals surface area contributed by atoms with E-state index in [1.807, 2.05) is 6.07 Å². The summed E-state index contributed by atoms with van der Waals surface area (Å²) >= 11 is 12.0. The third kappa shape index (κ3) is 2.05. The van der Waals surface area contributed by atoms with Gasteiger partial charge >= 0.3 is 0 Å². The van der Waals surface area contributed by atoms with Gasteiger partial charge in [-0.3, -0.25) is 0 Å². The van der Waals surface area contributed by atoms with Gasteiger partial charge in [0.15, 0.2) is 5.06 Å². The molecule has 1 aliphatic carbocycles. The molecule has 13 heavy (non-hydrogen) atoms. The number of allylic oxidation sites excluding steroid dienone is 2. The SMILES string of the molecule is COC1(Cl)C=CC=C(Cl)C1CC#N. The second-order valence-corrected chi connectivity index (χ2v) is 3.75. The highest BCUT2D eigenvalue weighted by Crippen LogP contribution is 2.39. The Labute approximate surface area is 87.4 Å². The summed E-state index contributed by atoms with van der Waals surface area (Å²) in [4.78, 5) is 0. The van der Waals surface area contributed by atoms with E-state index in [1.54, 1.807) is 18.2 Å². The minimum atomic E-state index is -0.971. The van der Waals surface area contributed by atoms with E-state index in [1.165, 1.54) is 7.11 Å². The van der Waals surface area contributed by atoms with Gasteiger partial charge in [-0.1, -0.05) is 29.3 Å². The first-order valence-corrected chi connectivity index (χ1v) is 4.55. The van der Waals surface area contributed by atoms with Gasteiger partial charge in [0.2, 0.25) is 0 Å². The van der Waals surface area contributed by atoms with Gasteiger partial charge < -0.3 is 4.74 Å². The van der Waals surface area contributed by atoms with Crippen LogP contribution in [0.15, 0.2) is 23.3 Å². The largest absolute Gasteiger partial charge is 0.359 e. The van der Waals surface area contributed by atoms with E-state index in [-0.39, 0.29) is 12.3 Å². The zero-order valence-corrected chi connectivity index (χ0v) is 8.64. The summed E-state index contributed by atoms with van der Waals surface area (Å²) < 4.78 is 5.12. The van der Waals surface area contributed by atoms with E-state index in [0.29, 0.717) is 5.03 Å². The smallest absolute Gasteiger partial charge is 0.169 e. The van der Waals surface area contributed by atoms with Crippen molar-refractivity contribution in [3.63, 3.8) is 0 Å². The summed E-state index contributed by atoms with van der Waals surface area (Å²) in [5.41, 5.74) is 0. The van der Waals surface area contributed by atoms with Crippen LogP contribution in [0.2, 0.25) is 0 Å². The lowest BCUT2D eigenvalue weighted by Crippen LogP contribution is -2.33. The number of methoxy groups -OCH3 is 1. The minimum absolute atomic E-state index is 0.247. The van der Waals surface area contributed by atoms with Crippen LogP contribution in [0.5, 0.6) is 0 Å². The molecule has 0 fully saturated rings. The van der Waals surface area contributed by atoms with Gasteiger partial charge in [0.25, 0.3) is 0 Å². The fourth-order valence-electron chi connectivity index (χ4n) is 1.23. The molecule has 2 nitrogen and oxygen atoms in total. The van der Waals surface area contributed by atoms with Gasteiger partial charge in [-0.2, -0.15) is 5.26 Å². The molecule has 1 rings (SSSR count). The van der Waals surface area contributed by atoms with Crippen LogP contribution in [0.3, 0.4) is 0 Å². The van der Waals surface area contributed by atoms with E-state index in [9.17, 15) is 0 Å². The van der Waals surface area contributed by atoms with Gasteiger partial charge in [0.05, 0.1) is 12.0 Å². The van der Waals surface area contributed by atoms with Crippen LogP contribution in [0, 0.1) is 17.2 Å². The molecule has 0 spiro atoms. The molecule has 0 amide bonds. The highest BCUT2D eigenvalue weighted by Gasteiger charge is 2.38. The first-order valence-electron chi connectivity index (χ1n) is 3.80. The highest BCUT2D eigenvalue weighted by molar-refractivity contribution is 6.32. The Balaban J connectivity index is 2.93. The molecule has 0 bridgehead atoms. The van der Waals surface area contributed by atoms with Crippen molar-refractivity contribution in [2.24, 2.45) is 5.92 Å². The molecule has 0 aromatic carbocycles. The lowest BCUT2D eigenvalue weighted by Gasteiger charge is -2.31. The van der Waals surface area contributed by atoms with Crippen molar-refractivity contribution in [1.29, 1.82) is 5.26 Å². The molecule has 0 radical (unpaired) electrons. The summed E-state index contributed by atoms with van der Waals surface area (Å²) in [6.07, 6.45) is 5.40.